The molecule has 0 aliphatic heterocycles. The molecular formula is C14H23NO. The van der Waals surface area contributed by atoms with Crippen LogP contribution in [0.25, 0.3) is 0 Å². The zero-order valence-electron chi connectivity index (χ0n) is 10.6. The molecular weight excluding hydrogens is 198 g/mol. The fourth-order valence-electron chi connectivity index (χ4n) is 1.58. The van der Waals surface area contributed by atoms with Crippen molar-refractivity contribution in [2.45, 2.75) is 39.7 Å². The highest BCUT2D eigenvalue weighted by molar-refractivity contribution is 5.31. The number of rotatable bonds is 7. The van der Waals surface area contributed by atoms with Crippen molar-refractivity contribution in [2.24, 2.45) is 0 Å². The predicted octanol–water partition coefficient (Wildman–Crippen LogP) is 3.15. The van der Waals surface area contributed by atoms with Crippen LogP contribution < -0.4 is 10.1 Å². The molecule has 0 bridgehead atoms. The number of nitrogens with one attached hydrogen (secondary N) is 1. The summed E-state index contributed by atoms with van der Waals surface area (Å²) < 4.78 is 5.98. The lowest BCUT2D eigenvalue weighted by molar-refractivity contribution is 0.192. The number of benzene rings is 1. The maximum Gasteiger partial charge on any atom is 0.122 e. The van der Waals surface area contributed by atoms with E-state index in [-0.39, 0.29) is 6.10 Å². The van der Waals surface area contributed by atoms with E-state index in [0.717, 1.165) is 25.3 Å². The third-order valence-corrected chi connectivity index (χ3v) is 2.64. The number of hydrogen-bond acceptors (Lipinski definition) is 2. The topological polar surface area (TPSA) is 21.3 Å². The molecule has 0 aliphatic rings. The van der Waals surface area contributed by atoms with Crippen molar-refractivity contribution >= 4 is 0 Å². The smallest absolute Gasteiger partial charge is 0.122 e. The quantitative estimate of drug-likeness (QED) is 0.714. The van der Waals surface area contributed by atoms with Gasteiger partial charge in [0.1, 0.15) is 11.9 Å². The Hall–Kier alpha value is -1.02. The van der Waals surface area contributed by atoms with Gasteiger partial charge in [-0.2, -0.15) is 0 Å². The van der Waals surface area contributed by atoms with Gasteiger partial charge in [0.15, 0.2) is 0 Å². The number of hydrogen-bond donors (Lipinski definition) is 1. The number of ether oxygens (including phenoxy) is 1. The lowest BCUT2D eigenvalue weighted by atomic mass is 10.2. The number of para-hydroxylation sites is 1. The second-order valence-electron chi connectivity index (χ2n) is 4.12. The highest BCUT2D eigenvalue weighted by Gasteiger charge is 2.08. The molecule has 0 spiro atoms. The molecule has 0 unspecified atom stereocenters. The molecule has 0 saturated carbocycles. The van der Waals surface area contributed by atoms with Gasteiger partial charge in [-0.05, 0) is 37.9 Å². The summed E-state index contributed by atoms with van der Waals surface area (Å²) in [7, 11) is 0. The van der Waals surface area contributed by atoms with E-state index >= 15 is 0 Å². The van der Waals surface area contributed by atoms with E-state index in [4.69, 9.17) is 4.74 Å². The van der Waals surface area contributed by atoms with Gasteiger partial charge >= 0.3 is 0 Å². The van der Waals surface area contributed by atoms with E-state index in [1.807, 2.05) is 18.2 Å². The molecule has 0 fully saturated rings. The highest BCUT2D eigenvalue weighted by atomic mass is 16.5. The van der Waals surface area contributed by atoms with Gasteiger partial charge in [-0.1, -0.05) is 32.0 Å². The first-order valence-electron chi connectivity index (χ1n) is 6.20. The minimum absolute atomic E-state index is 0.271. The van der Waals surface area contributed by atoms with Gasteiger partial charge in [0.25, 0.3) is 0 Å². The highest BCUT2D eigenvalue weighted by Crippen LogP contribution is 2.18. The van der Waals surface area contributed by atoms with Gasteiger partial charge < -0.3 is 10.1 Å². The van der Waals surface area contributed by atoms with Gasteiger partial charge in [0.05, 0.1) is 0 Å². The molecule has 1 aromatic rings. The molecule has 0 radical (unpaired) electrons. The van der Waals surface area contributed by atoms with E-state index < -0.39 is 0 Å². The minimum Gasteiger partial charge on any atom is -0.489 e. The molecule has 1 rings (SSSR count). The molecule has 1 N–H and O–H groups in total. The molecule has 16 heavy (non-hydrogen) atoms. The van der Waals surface area contributed by atoms with Crippen molar-refractivity contribution in [1.82, 2.24) is 5.32 Å². The number of aryl methyl sites for hydroxylation is 1. The molecule has 0 aromatic heterocycles. The lowest BCUT2D eigenvalue weighted by Crippen LogP contribution is -2.31. The van der Waals surface area contributed by atoms with Crippen LogP contribution in [0.5, 0.6) is 5.75 Å². The van der Waals surface area contributed by atoms with Crippen LogP contribution in [0.3, 0.4) is 0 Å². The van der Waals surface area contributed by atoms with Gasteiger partial charge in [0, 0.05) is 6.54 Å². The van der Waals surface area contributed by atoms with Gasteiger partial charge in [-0.15, -0.1) is 0 Å². The van der Waals surface area contributed by atoms with Crippen LogP contribution in [0.15, 0.2) is 24.3 Å². The molecule has 0 amide bonds. The average Bonchev–Trinajstić information content (AvgIpc) is 2.30. The average molecular weight is 221 g/mol. The Morgan fingerprint density at radius 3 is 2.62 bits per heavy atom. The first kappa shape index (κ1) is 13.0. The first-order chi connectivity index (χ1) is 7.77. The van der Waals surface area contributed by atoms with Crippen molar-refractivity contribution in [3.05, 3.63) is 29.8 Å². The SMILES string of the molecule is CCCNC[C@H](CC)Oc1ccccc1C. The van der Waals surface area contributed by atoms with Crippen molar-refractivity contribution in [3.8, 4) is 5.75 Å². The monoisotopic (exact) mass is 221 g/mol. The third-order valence-electron chi connectivity index (χ3n) is 2.64. The van der Waals surface area contributed by atoms with Gasteiger partial charge in [0.2, 0.25) is 0 Å². The zero-order chi connectivity index (χ0) is 11.8. The summed E-state index contributed by atoms with van der Waals surface area (Å²) in [5.74, 6) is 1.01. The molecule has 2 heteroatoms. The summed E-state index contributed by atoms with van der Waals surface area (Å²) in [4.78, 5) is 0. The molecule has 90 valence electrons. The van der Waals surface area contributed by atoms with Crippen LogP contribution in [0.4, 0.5) is 0 Å². The molecule has 1 atom stereocenters. The van der Waals surface area contributed by atoms with Crippen LogP contribution in [-0.2, 0) is 0 Å². The van der Waals surface area contributed by atoms with Crippen molar-refractivity contribution < 1.29 is 4.74 Å². The van der Waals surface area contributed by atoms with E-state index in [0.29, 0.717) is 0 Å². The second kappa shape index (κ2) is 7.29. The normalized spacial score (nSPS) is 12.4. The molecule has 1 aromatic carbocycles. The molecule has 2 nitrogen and oxygen atoms in total. The van der Waals surface area contributed by atoms with Gasteiger partial charge in [-0.25, -0.2) is 0 Å². The Bertz CT molecular complexity index is 299. The summed E-state index contributed by atoms with van der Waals surface area (Å²) in [6.07, 6.45) is 2.47. The van der Waals surface area contributed by atoms with Crippen molar-refractivity contribution in [3.63, 3.8) is 0 Å². The van der Waals surface area contributed by atoms with Crippen LogP contribution in [0.2, 0.25) is 0 Å². The Balaban J connectivity index is 2.46. The fourth-order valence-corrected chi connectivity index (χ4v) is 1.58. The zero-order valence-corrected chi connectivity index (χ0v) is 10.6. The maximum absolute atomic E-state index is 5.98. The Labute approximate surface area is 99.0 Å². The van der Waals surface area contributed by atoms with Crippen LogP contribution in [0, 0.1) is 6.92 Å². The van der Waals surface area contributed by atoms with Crippen LogP contribution in [-0.4, -0.2) is 19.2 Å². The summed E-state index contributed by atoms with van der Waals surface area (Å²) in [6, 6.07) is 8.19. The minimum atomic E-state index is 0.271. The Morgan fingerprint density at radius 1 is 1.25 bits per heavy atom. The maximum atomic E-state index is 5.98. The van der Waals surface area contributed by atoms with E-state index in [2.05, 4.69) is 32.2 Å². The summed E-state index contributed by atoms with van der Waals surface area (Å²) in [5.41, 5.74) is 1.21. The van der Waals surface area contributed by atoms with Crippen molar-refractivity contribution in [1.29, 1.82) is 0 Å². The van der Waals surface area contributed by atoms with Crippen LogP contribution in [0.1, 0.15) is 32.3 Å². The van der Waals surface area contributed by atoms with Crippen molar-refractivity contribution in [2.75, 3.05) is 13.1 Å². The summed E-state index contributed by atoms with van der Waals surface area (Å²) >= 11 is 0. The third kappa shape index (κ3) is 4.23. The fraction of sp³-hybridized carbons (Fsp3) is 0.571. The standard InChI is InChI=1S/C14H23NO/c1-4-10-15-11-13(5-2)16-14-9-7-6-8-12(14)3/h6-9,13,15H,4-5,10-11H2,1-3H3/t13-/m0/s1. The molecule has 0 saturated heterocycles. The van der Waals surface area contributed by atoms with Crippen LogP contribution >= 0.6 is 0 Å². The Morgan fingerprint density at radius 2 is 2.00 bits per heavy atom. The van der Waals surface area contributed by atoms with E-state index in [1.54, 1.807) is 0 Å². The summed E-state index contributed by atoms with van der Waals surface area (Å²) in [6.45, 7) is 8.42. The van der Waals surface area contributed by atoms with Gasteiger partial charge in [-0.3, -0.25) is 0 Å². The summed E-state index contributed by atoms with van der Waals surface area (Å²) in [5, 5.41) is 3.40. The lowest BCUT2D eigenvalue weighted by Gasteiger charge is -2.19. The predicted molar refractivity (Wildman–Crippen MR) is 69.0 cm³/mol. The molecule has 0 heterocycles. The van der Waals surface area contributed by atoms with E-state index in [1.165, 1.54) is 12.0 Å². The first-order valence-corrected chi connectivity index (χ1v) is 6.20. The van der Waals surface area contributed by atoms with E-state index in [9.17, 15) is 0 Å². The largest absolute Gasteiger partial charge is 0.489 e. The Kier molecular flexibility index (Phi) is 5.94. The second-order valence-corrected chi connectivity index (χ2v) is 4.12. The molecule has 0 aliphatic carbocycles.